The van der Waals surface area contributed by atoms with Crippen LogP contribution < -0.4 is 4.74 Å². The first-order chi connectivity index (χ1) is 12.2. The molecule has 0 N–H and O–H groups in total. The van der Waals surface area contributed by atoms with Gasteiger partial charge in [-0.25, -0.2) is 4.98 Å². The summed E-state index contributed by atoms with van der Waals surface area (Å²) in [5, 5.41) is 0. The Morgan fingerprint density at radius 3 is 2.76 bits per heavy atom. The standard InChI is InChI=1S/C19H27N3O3/c1-14-11-22(12-17(14)21-6-8-24-9-7-21)19(23)16-4-5-18(20-10-16)25-13-15-2-3-15/h4-5,10,14-15,17H,2-3,6-9,11-13H2,1H3/t14-,17+/m1/s1. The largest absolute Gasteiger partial charge is 0.477 e. The number of carbonyl (C=O) groups excluding carboxylic acids is 1. The summed E-state index contributed by atoms with van der Waals surface area (Å²) in [5.74, 6) is 1.87. The Bertz CT molecular complexity index is 596. The predicted molar refractivity (Wildman–Crippen MR) is 93.7 cm³/mol. The lowest BCUT2D eigenvalue weighted by molar-refractivity contribution is 0.0119. The van der Waals surface area contributed by atoms with Crippen molar-refractivity contribution in [2.24, 2.45) is 11.8 Å². The molecule has 3 aliphatic rings. The van der Waals surface area contributed by atoms with Crippen molar-refractivity contribution >= 4 is 5.91 Å². The number of likely N-dealkylation sites (tertiary alicyclic amines) is 1. The molecule has 4 rings (SSSR count). The fourth-order valence-corrected chi connectivity index (χ4v) is 3.76. The van der Waals surface area contributed by atoms with Gasteiger partial charge in [-0.2, -0.15) is 0 Å². The van der Waals surface area contributed by atoms with Crippen molar-refractivity contribution in [1.82, 2.24) is 14.8 Å². The van der Waals surface area contributed by atoms with E-state index in [1.54, 1.807) is 6.20 Å². The summed E-state index contributed by atoms with van der Waals surface area (Å²) in [7, 11) is 0. The lowest BCUT2D eigenvalue weighted by Crippen LogP contribution is -2.47. The van der Waals surface area contributed by atoms with Crippen molar-refractivity contribution in [3.63, 3.8) is 0 Å². The van der Waals surface area contributed by atoms with Crippen LogP contribution >= 0.6 is 0 Å². The number of nitrogens with zero attached hydrogens (tertiary/aromatic N) is 3. The summed E-state index contributed by atoms with van der Waals surface area (Å²) >= 11 is 0. The third-order valence-corrected chi connectivity index (χ3v) is 5.52. The molecule has 6 heteroatoms. The molecule has 1 aromatic heterocycles. The lowest BCUT2D eigenvalue weighted by atomic mass is 10.0. The smallest absolute Gasteiger partial charge is 0.255 e. The molecule has 1 amide bonds. The van der Waals surface area contributed by atoms with E-state index in [9.17, 15) is 4.79 Å². The number of carbonyl (C=O) groups is 1. The number of hydrogen-bond donors (Lipinski definition) is 0. The van der Waals surface area contributed by atoms with Crippen LogP contribution in [0.3, 0.4) is 0 Å². The fourth-order valence-electron chi connectivity index (χ4n) is 3.76. The number of amides is 1. The zero-order valence-corrected chi connectivity index (χ0v) is 14.9. The van der Waals surface area contributed by atoms with Gasteiger partial charge < -0.3 is 14.4 Å². The number of pyridine rings is 1. The molecule has 3 heterocycles. The molecular weight excluding hydrogens is 318 g/mol. The fraction of sp³-hybridized carbons (Fsp3) is 0.684. The van der Waals surface area contributed by atoms with Gasteiger partial charge >= 0.3 is 0 Å². The third-order valence-electron chi connectivity index (χ3n) is 5.52. The SMILES string of the molecule is C[C@@H]1CN(C(=O)c2ccc(OCC3CC3)nc2)C[C@@H]1N1CCOCC1. The van der Waals surface area contributed by atoms with Gasteiger partial charge in [-0.05, 0) is 30.7 Å². The maximum absolute atomic E-state index is 12.8. The highest BCUT2D eigenvalue weighted by Gasteiger charge is 2.36. The van der Waals surface area contributed by atoms with Gasteiger partial charge in [-0.3, -0.25) is 9.69 Å². The Balaban J connectivity index is 1.35. The van der Waals surface area contributed by atoms with Gasteiger partial charge in [0.1, 0.15) is 0 Å². The Morgan fingerprint density at radius 1 is 1.28 bits per heavy atom. The van der Waals surface area contributed by atoms with Crippen LogP contribution in [0.2, 0.25) is 0 Å². The van der Waals surface area contributed by atoms with Crippen LogP contribution in [-0.2, 0) is 4.74 Å². The monoisotopic (exact) mass is 345 g/mol. The highest BCUT2D eigenvalue weighted by molar-refractivity contribution is 5.94. The summed E-state index contributed by atoms with van der Waals surface area (Å²) in [4.78, 5) is 21.5. The maximum atomic E-state index is 12.8. The topological polar surface area (TPSA) is 54.9 Å². The lowest BCUT2D eigenvalue weighted by Gasteiger charge is -2.33. The molecule has 6 nitrogen and oxygen atoms in total. The highest BCUT2D eigenvalue weighted by Crippen LogP contribution is 2.29. The van der Waals surface area contributed by atoms with Crippen LogP contribution in [0.1, 0.15) is 30.1 Å². The van der Waals surface area contributed by atoms with Gasteiger partial charge in [-0.1, -0.05) is 6.92 Å². The summed E-state index contributed by atoms with van der Waals surface area (Å²) in [6.07, 6.45) is 4.17. The van der Waals surface area contributed by atoms with Crippen LogP contribution in [0.25, 0.3) is 0 Å². The van der Waals surface area contributed by atoms with Crippen molar-refractivity contribution in [3.05, 3.63) is 23.9 Å². The second kappa shape index (κ2) is 7.30. The molecule has 0 bridgehead atoms. The van der Waals surface area contributed by atoms with E-state index >= 15 is 0 Å². The van der Waals surface area contributed by atoms with Gasteiger partial charge in [0.15, 0.2) is 0 Å². The Kier molecular flexibility index (Phi) is 4.90. The average molecular weight is 345 g/mol. The van der Waals surface area contributed by atoms with E-state index in [1.807, 2.05) is 17.0 Å². The third kappa shape index (κ3) is 3.96. The second-order valence-electron chi connectivity index (χ2n) is 7.54. The first kappa shape index (κ1) is 16.8. The minimum Gasteiger partial charge on any atom is -0.477 e. The van der Waals surface area contributed by atoms with Crippen LogP contribution in [0.4, 0.5) is 0 Å². The highest BCUT2D eigenvalue weighted by atomic mass is 16.5. The number of morpholine rings is 1. The van der Waals surface area contributed by atoms with Gasteiger partial charge in [0.2, 0.25) is 5.88 Å². The molecule has 1 aromatic rings. The molecule has 25 heavy (non-hydrogen) atoms. The Morgan fingerprint density at radius 2 is 2.08 bits per heavy atom. The molecular formula is C19H27N3O3. The van der Waals surface area contributed by atoms with Gasteiger partial charge in [0.25, 0.3) is 5.91 Å². The Labute approximate surface area is 149 Å². The van der Waals surface area contributed by atoms with E-state index in [4.69, 9.17) is 9.47 Å². The average Bonchev–Trinajstić information content (AvgIpc) is 3.41. The van der Waals surface area contributed by atoms with Crippen LogP contribution in [0.5, 0.6) is 5.88 Å². The van der Waals surface area contributed by atoms with E-state index < -0.39 is 0 Å². The molecule has 136 valence electrons. The molecule has 0 radical (unpaired) electrons. The normalized spacial score (nSPS) is 27.5. The van der Waals surface area contributed by atoms with E-state index in [2.05, 4.69) is 16.8 Å². The molecule has 3 fully saturated rings. The first-order valence-corrected chi connectivity index (χ1v) is 9.40. The minimum absolute atomic E-state index is 0.0730. The zero-order valence-electron chi connectivity index (χ0n) is 14.9. The Hall–Kier alpha value is -1.66. The summed E-state index contributed by atoms with van der Waals surface area (Å²) in [6, 6.07) is 4.08. The summed E-state index contributed by atoms with van der Waals surface area (Å²) in [6.45, 7) is 8.09. The van der Waals surface area contributed by atoms with Crippen molar-refractivity contribution in [2.75, 3.05) is 46.0 Å². The molecule has 2 atom stereocenters. The second-order valence-corrected chi connectivity index (χ2v) is 7.54. The van der Waals surface area contributed by atoms with Crippen molar-refractivity contribution < 1.29 is 14.3 Å². The molecule has 2 aliphatic heterocycles. The molecule has 1 aliphatic carbocycles. The first-order valence-electron chi connectivity index (χ1n) is 9.40. The zero-order chi connectivity index (χ0) is 17.2. The summed E-state index contributed by atoms with van der Waals surface area (Å²) in [5.41, 5.74) is 0.647. The number of rotatable bonds is 5. The molecule has 1 saturated carbocycles. The number of hydrogen-bond acceptors (Lipinski definition) is 5. The number of aromatic nitrogens is 1. The van der Waals surface area contributed by atoms with Gasteiger partial charge in [-0.15, -0.1) is 0 Å². The van der Waals surface area contributed by atoms with Gasteiger partial charge in [0, 0.05) is 44.5 Å². The van der Waals surface area contributed by atoms with E-state index in [0.29, 0.717) is 29.3 Å². The van der Waals surface area contributed by atoms with Crippen LogP contribution in [-0.4, -0.2) is 72.7 Å². The molecule has 0 spiro atoms. The maximum Gasteiger partial charge on any atom is 0.255 e. The van der Waals surface area contributed by atoms with Crippen molar-refractivity contribution in [2.45, 2.75) is 25.8 Å². The van der Waals surface area contributed by atoms with E-state index in [1.165, 1.54) is 12.8 Å². The molecule has 0 aromatic carbocycles. The number of ether oxygens (including phenoxy) is 2. The van der Waals surface area contributed by atoms with Crippen LogP contribution in [0.15, 0.2) is 18.3 Å². The van der Waals surface area contributed by atoms with Crippen molar-refractivity contribution in [1.29, 1.82) is 0 Å². The van der Waals surface area contributed by atoms with Crippen molar-refractivity contribution in [3.8, 4) is 5.88 Å². The van der Waals surface area contributed by atoms with Crippen LogP contribution in [0, 0.1) is 11.8 Å². The van der Waals surface area contributed by atoms with E-state index in [-0.39, 0.29) is 5.91 Å². The van der Waals surface area contributed by atoms with Gasteiger partial charge in [0.05, 0.1) is 25.4 Å². The minimum atomic E-state index is 0.0730. The molecule has 2 saturated heterocycles. The van der Waals surface area contributed by atoms with E-state index in [0.717, 1.165) is 46.0 Å². The predicted octanol–water partition coefficient (Wildman–Crippen LogP) is 1.66. The quantitative estimate of drug-likeness (QED) is 0.812. The molecule has 0 unspecified atom stereocenters. The summed E-state index contributed by atoms with van der Waals surface area (Å²) < 4.78 is 11.1.